The zero-order chi connectivity index (χ0) is 12.3. The molecule has 0 fully saturated rings. The minimum atomic E-state index is 0.196. The van der Waals surface area contributed by atoms with E-state index in [1.165, 1.54) is 11.1 Å². The SMILES string of the molecule is CCC(=O)c1cccn1Cc1ccc(C)cc1. The van der Waals surface area contributed by atoms with Gasteiger partial charge in [0.2, 0.25) is 0 Å². The molecule has 0 unspecified atom stereocenters. The Morgan fingerprint density at radius 1 is 1.18 bits per heavy atom. The summed E-state index contributed by atoms with van der Waals surface area (Å²) >= 11 is 0. The summed E-state index contributed by atoms with van der Waals surface area (Å²) in [7, 11) is 0. The summed E-state index contributed by atoms with van der Waals surface area (Å²) < 4.78 is 2.01. The van der Waals surface area contributed by atoms with Gasteiger partial charge in [-0.15, -0.1) is 0 Å². The van der Waals surface area contributed by atoms with Crippen LogP contribution in [0, 0.1) is 6.92 Å². The smallest absolute Gasteiger partial charge is 0.178 e. The van der Waals surface area contributed by atoms with Gasteiger partial charge in [0.05, 0.1) is 5.69 Å². The van der Waals surface area contributed by atoms with E-state index in [1.807, 2.05) is 29.8 Å². The number of carbonyl (C=O) groups excluding carboxylic acids is 1. The maximum absolute atomic E-state index is 11.7. The lowest BCUT2D eigenvalue weighted by Gasteiger charge is -2.08. The van der Waals surface area contributed by atoms with Crippen LogP contribution in [-0.2, 0) is 6.54 Å². The Morgan fingerprint density at radius 2 is 1.88 bits per heavy atom. The van der Waals surface area contributed by atoms with Crippen LogP contribution >= 0.6 is 0 Å². The minimum Gasteiger partial charge on any atom is -0.341 e. The van der Waals surface area contributed by atoms with Gasteiger partial charge >= 0.3 is 0 Å². The van der Waals surface area contributed by atoms with Crippen molar-refractivity contribution in [2.45, 2.75) is 26.8 Å². The third-order valence-corrected chi connectivity index (χ3v) is 2.91. The van der Waals surface area contributed by atoms with E-state index < -0.39 is 0 Å². The Bertz CT molecular complexity index is 508. The average Bonchev–Trinajstić information content (AvgIpc) is 2.79. The topological polar surface area (TPSA) is 22.0 Å². The van der Waals surface area contributed by atoms with Crippen LogP contribution in [-0.4, -0.2) is 10.4 Å². The molecule has 2 aromatic rings. The third kappa shape index (κ3) is 2.64. The van der Waals surface area contributed by atoms with Gasteiger partial charge in [-0.2, -0.15) is 0 Å². The van der Waals surface area contributed by atoms with Crippen LogP contribution < -0.4 is 0 Å². The predicted molar refractivity (Wildman–Crippen MR) is 69.3 cm³/mol. The number of benzene rings is 1. The molecule has 88 valence electrons. The maximum Gasteiger partial charge on any atom is 0.178 e. The molecule has 0 amide bonds. The predicted octanol–water partition coefficient (Wildman–Crippen LogP) is 3.44. The molecule has 0 saturated heterocycles. The van der Waals surface area contributed by atoms with Crippen molar-refractivity contribution in [1.29, 1.82) is 0 Å². The number of rotatable bonds is 4. The highest BCUT2D eigenvalue weighted by Crippen LogP contribution is 2.10. The molecule has 2 nitrogen and oxygen atoms in total. The van der Waals surface area contributed by atoms with Crippen molar-refractivity contribution in [1.82, 2.24) is 4.57 Å². The second-order valence-electron chi connectivity index (χ2n) is 4.28. The Labute approximate surface area is 102 Å². The lowest BCUT2D eigenvalue weighted by Crippen LogP contribution is -2.08. The van der Waals surface area contributed by atoms with Gasteiger partial charge in [0.15, 0.2) is 5.78 Å². The lowest BCUT2D eigenvalue weighted by atomic mass is 10.1. The van der Waals surface area contributed by atoms with E-state index in [0.717, 1.165) is 12.2 Å². The summed E-state index contributed by atoms with van der Waals surface area (Å²) in [5, 5.41) is 0. The number of aryl methyl sites for hydroxylation is 1. The molecule has 0 radical (unpaired) electrons. The molecule has 0 atom stereocenters. The standard InChI is InChI=1S/C15H17NO/c1-3-15(17)14-5-4-10-16(14)11-13-8-6-12(2)7-9-13/h4-10H,3,11H2,1-2H3. The highest BCUT2D eigenvalue weighted by molar-refractivity contribution is 5.94. The van der Waals surface area contributed by atoms with Gasteiger partial charge in [0.1, 0.15) is 0 Å². The molecule has 0 aliphatic rings. The van der Waals surface area contributed by atoms with Crippen LogP contribution in [0.3, 0.4) is 0 Å². The van der Waals surface area contributed by atoms with Gasteiger partial charge < -0.3 is 4.57 Å². The largest absolute Gasteiger partial charge is 0.341 e. The van der Waals surface area contributed by atoms with Crippen molar-refractivity contribution in [3.63, 3.8) is 0 Å². The zero-order valence-corrected chi connectivity index (χ0v) is 10.3. The molecule has 1 aromatic carbocycles. The van der Waals surface area contributed by atoms with Gasteiger partial charge in [-0.25, -0.2) is 0 Å². The molecule has 0 bridgehead atoms. The Morgan fingerprint density at radius 3 is 2.53 bits per heavy atom. The van der Waals surface area contributed by atoms with Gasteiger partial charge in [-0.1, -0.05) is 36.8 Å². The summed E-state index contributed by atoms with van der Waals surface area (Å²) in [5.41, 5.74) is 3.27. The lowest BCUT2D eigenvalue weighted by molar-refractivity contribution is 0.0979. The van der Waals surface area contributed by atoms with Crippen molar-refractivity contribution in [3.05, 3.63) is 59.4 Å². The number of hydrogen-bond donors (Lipinski definition) is 0. The second kappa shape index (κ2) is 5.00. The average molecular weight is 227 g/mol. The van der Waals surface area contributed by atoms with Crippen LogP contribution in [0.5, 0.6) is 0 Å². The van der Waals surface area contributed by atoms with E-state index in [1.54, 1.807) is 0 Å². The fourth-order valence-corrected chi connectivity index (χ4v) is 1.88. The van der Waals surface area contributed by atoms with Crippen LogP contribution in [0.4, 0.5) is 0 Å². The van der Waals surface area contributed by atoms with Crippen molar-refractivity contribution in [2.24, 2.45) is 0 Å². The van der Waals surface area contributed by atoms with E-state index in [9.17, 15) is 4.79 Å². The second-order valence-corrected chi connectivity index (χ2v) is 4.28. The van der Waals surface area contributed by atoms with E-state index >= 15 is 0 Å². The van der Waals surface area contributed by atoms with Gasteiger partial charge in [-0.3, -0.25) is 4.79 Å². The van der Waals surface area contributed by atoms with Crippen molar-refractivity contribution in [3.8, 4) is 0 Å². The number of aromatic nitrogens is 1. The molecule has 0 saturated carbocycles. The number of carbonyl (C=O) groups is 1. The van der Waals surface area contributed by atoms with Crippen LogP contribution in [0.15, 0.2) is 42.6 Å². The Kier molecular flexibility index (Phi) is 3.43. The molecular weight excluding hydrogens is 210 g/mol. The fourth-order valence-electron chi connectivity index (χ4n) is 1.88. The summed E-state index contributed by atoms with van der Waals surface area (Å²) in [6.45, 7) is 4.73. The van der Waals surface area contributed by atoms with Crippen LogP contribution in [0.25, 0.3) is 0 Å². The third-order valence-electron chi connectivity index (χ3n) is 2.91. The van der Waals surface area contributed by atoms with E-state index in [2.05, 4.69) is 31.2 Å². The molecule has 1 aromatic heterocycles. The number of nitrogens with zero attached hydrogens (tertiary/aromatic N) is 1. The molecule has 0 aliphatic heterocycles. The van der Waals surface area contributed by atoms with Gasteiger partial charge in [0.25, 0.3) is 0 Å². The van der Waals surface area contributed by atoms with Crippen molar-refractivity contribution in [2.75, 3.05) is 0 Å². The van der Waals surface area contributed by atoms with E-state index in [0.29, 0.717) is 6.42 Å². The quantitative estimate of drug-likeness (QED) is 0.733. The minimum absolute atomic E-state index is 0.196. The number of ketones is 1. The highest BCUT2D eigenvalue weighted by atomic mass is 16.1. The van der Waals surface area contributed by atoms with Crippen molar-refractivity contribution < 1.29 is 4.79 Å². The fraction of sp³-hybridized carbons (Fsp3) is 0.267. The Balaban J connectivity index is 2.21. The first-order valence-electron chi connectivity index (χ1n) is 5.94. The molecule has 17 heavy (non-hydrogen) atoms. The van der Waals surface area contributed by atoms with Crippen molar-refractivity contribution >= 4 is 5.78 Å². The van der Waals surface area contributed by atoms with Gasteiger partial charge in [-0.05, 0) is 24.6 Å². The molecule has 0 spiro atoms. The summed E-state index contributed by atoms with van der Waals surface area (Å²) in [4.78, 5) is 11.7. The van der Waals surface area contributed by atoms with Crippen LogP contribution in [0.1, 0.15) is 35.0 Å². The highest BCUT2D eigenvalue weighted by Gasteiger charge is 2.08. The Hall–Kier alpha value is -1.83. The molecule has 0 N–H and O–H groups in total. The first kappa shape index (κ1) is 11.6. The number of hydrogen-bond acceptors (Lipinski definition) is 1. The normalized spacial score (nSPS) is 10.5. The summed E-state index contributed by atoms with van der Waals surface area (Å²) in [6.07, 6.45) is 2.51. The summed E-state index contributed by atoms with van der Waals surface area (Å²) in [5.74, 6) is 0.196. The first-order chi connectivity index (χ1) is 8.20. The zero-order valence-electron chi connectivity index (χ0n) is 10.3. The van der Waals surface area contributed by atoms with E-state index in [4.69, 9.17) is 0 Å². The first-order valence-corrected chi connectivity index (χ1v) is 5.94. The maximum atomic E-state index is 11.7. The van der Waals surface area contributed by atoms with Crippen LogP contribution in [0.2, 0.25) is 0 Å². The molecule has 2 heteroatoms. The monoisotopic (exact) mass is 227 g/mol. The molecule has 2 rings (SSSR count). The van der Waals surface area contributed by atoms with E-state index in [-0.39, 0.29) is 5.78 Å². The molecule has 0 aliphatic carbocycles. The summed E-state index contributed by atoms with van der Waals surface area (Å²) in [6, 6.07) is 12.2. The number of Topliss-reactive ketones (excluding diaryl/α,β-unsaturated/α-hetero) is 1. The molecular formula is C15H17NO. The molecule has 1 heterocycles. The van der Waals surface area contributed by atoms with Gasteiger partial charge in [0, 0.05) is 19.2 Å².